The number of aliphatic hydroxyl groups is 1. The molecule has 8 heteroatoms. The molecule has 1 spiro atoms. The van der Waals surface area contributed by atoms with Gasteiger partial charge in [0.1, 0.15) is 6.04 Å². The van der Waals surface area contributed by atoms with Gasteiger partial charge in [0, 0.05) is 31.0 Å². The van der Waals surface area contributed by atoms with Crippen LogP contribution >= 0.6 is 11.8 Å². The highest BCUT2D eigenvalue weighted by molar-refractivity contribution is 8.02. The Balaban J connectivity index is 2.04. The third kappa shape index (κ3) is 3.05. The zero-order chi connectivity index (χ0) is 20.1. The Morgan fingerprint density at radius 3 is 2.56 bits per heavy atom. The number of aliphatic hydroxyl groups excluding tert-OH is 1. The third-order valence-electron chi connectivity index (χ3n) is 6.10. The van der Waals surface area contributed by atoms with E-state index in [4.69, 9.17) is 0 Å². The quantitative estimate of drug-likeness (QED) is 0.622. The van der Waals surface area contributed by atoms with Gasteiger partial charge >= 0.3 is 0 Å². The number of hydrogen-bond acceptors (Lipinski definition) is 5. The molecule has 0 aromatic heterocycles. The number of hydrogen-bond donors (Lipinski definition) is 3. The van der Waals surface area contributed by atoms with Gasteiger partial charge in [0.25, 0.3) is 0 Å². The molecule has 3 rings (SSSR count). The second-order valence-electron chi connectivity index (χ2n) is 9.01. The van der Waals surface area contributed by atoms with Crippen molar-refractivity contribution in [1.29, 1.82) is 0 Å². The van der Waals surface area contributed by atoms with Crippen LogP contribution in [-0.4, -0.2) is 69.5 Å². The molecule has 0 radical (unpaired) electrons. The first-order valence-corrected chi connectivity index (χ1v) is 10.6. The van der Waals surface area contributed by atoms with Gasteiger partial charge in [-0.2, -0.15) is 0 Å². The maximum Gasteiger partial charge on any atom is 0.244 e. The summed E-state index contributed by atoms with van der Waals surface area (Å²) >= 11 is 1.67. The largest absolute Gasteiger partial charge is 0.396 e. The van der Waals surface area contributed by atoms with Crippen molar-refractivity contribution in [1.82, 2.24) is 15.5 Å². The molecule has 3 heterocycles. The van der Waals surface area contributed by atoms with Crippen LogP contribution in [0.3, 0.4) is 0 Å². The first kappa shape index (κ1) is 20.5. The maximum absolute atomic E-state index is 13.4. The van der Waals surface area contributed by atoms with Gasteiger partial charge in [0.2, 0.25) is 17.7 Å². The van der Waals surface area contributed by atoms with Crippen LogP contribution in [0.5, 0.6) is 0 Å². The van der Waals surface area contributed by atoms with Gasteiger partial charge in [-0.05, 0) is 39.5 Å². The zero-order valence-corrected chi connectivity index (χ0v) is 17.6. The fourth-order valence-corrected chi connectivity index (χ4v) is 7.63. The van der Waals surface area contributed by atoms with Crippen molar-refractivity contribution in [2.24, 2.45) is 17.8 Å². The number of amides is 3. The fourth-order valence-electron chi connectivity index (χ4n) is 5.21. The van der Waals surface area contributed by atoms with Gasteiger partial charge in [-0.25, -0.2) is 0 Å². The van der Waals surface area contributed by atoms with E-state index < -0.39 is 28.2 Å². The van der Waals surface area contributed by atoms with E-state index in [1.165, 1.54) is 0 Å². The topological polar surface area (TPSA) is 98.7 Å². The summed E-state index contributed by atoms with van der Waals surface area (Å²) in [5, 5.41) is 15.1. The van der Waals surface area contributed by atoms with E-state index in [1.54, 1.807) is 23.7 Å². The molecule has 152 valence electrons. The molecule has 3 aliphatic heterocycles. The molecule has 3 saturated heterocycles. The molecule has 0 saturated carbocycles. The van der Waals surface area contributed by atoms with E-state index in [2.05, 4.69) is 17.6 Å². The van der Waals surface area contributed by atoms with Crippen LogP contribution in [-0.2, 0) is 14.4 Å². The number of fused-ring (bicyclic) bond motifs is 1. The second-order valence-corrected chi connectivity index (χ2v) is 10.6. The molecule has 3 unspecified atom stereocenters. The minimum absolute atomic E-state index is 0.0424. The molecule has 0 aromatic rings. The smallest absolute Gasteiger partial charge is 0.244 e. The Hall–Kier alpha value is -1.28. The fraction of sp³-hybridized carbons (Fsp3) is 0.842. The van der Waals surface area contributed by atoms with Crippen LogP contribution in [0.25, 0.3) is 0 Å². The Labute approximate surface area is 165 Å². The summed E-state index contributed by atoms with van der Waals surface area (Å²) in [5.74, 6) is -1.10. The Morgan fingerprint density at radius 2 is 2.00 bits per heavy atom. The molecule has 3 N–H and O–H groups in total. The van der Waals surface area contributed by atoms with E-state index in [1.807, 2.05) is 20.8 Å². The van der Waals surface area contributed by atoms with Gasteiger partial charge in [-0.3, -0.25) is 14.4 Å². The van der Waals surface area contributed by atoms with Crippen LogP contribution < -0.4 is 10.6 Å². The number of nitrogens with zero attached hydrogens (tertiary/aromatic N) is 1. The molecule has 3 fully saturated rings. The van der Waals surface area contributed by atoms with Crippen molar-refractivity contribution in [3.8, 4) is 0 Å². The van der Waals surface area contributed by atoms with Gasteiger partial charge in [-0.1, -0.05) is 6.92 Å². The molecule has 6 atom stereocenters. The van der Waals surface area contributed by atoms with Crippen LogP contribution in [0.1, 0.15) is 40.5 Å². The van der Waals surface area contributed by atoms with E-state index in [0.29, 0.717) is 13.0 Å². The number of carbonyl (C=O) groups is 3. The van der Waals surface area contributed by atoms with E-state index in [9.17, 15) is 19.5 Å². The number of nitrogens with one attached hydrogen (secondary N) is 2. The lowest BCUT2D eigenvalue weighted by atomic mass is 9.66. The van der Waals surface area contributed by atoms with Crippen molar-refractivity contribution in [2.75, 3.05) is 20.2 Å². The average molecular weight is 398 g/mol. The number of thioether (sulfide) groups is 1. The normalized spacial score (nSPS) is 37.5. The van der Waals surface area contributed by atoms with Crippen molar-refractivity contribution < 1.29 is 19.5 Å². The number of likely N-dealkylation sites (tertiary alicyclic amines) is 1. The molecule has 0 aromatic carbocycles. The summed E-state index contributed by atoms with van der Waals surface area (Å²) < 4.78 is -0.580. The van der Waals surface area contributed by atoms with Crippen molar-refractivity contribution in [3.05, 3.63) is 0 Å². The standard InChI is InChI=1S/C19H31N3O4S/c1-10-9-11-12(15(24)20-5)13-17(26)22(7-6-8-23)14(19(10,13)27-11)16(25)21-18(2,3)4/h10-14,23H,6-9H2,1-5H3,(H,20,24)(H,21,25)/t10?,11-,12+,13+,14?,19?/m1/s1. The second kappa shape index (κ2) is 6.95. The van der Waals surface area contributed by atoms with Gasteiger partial charge in [-0.15, -0.1) is 11.8 Å². The molecular weight excluding hydrogens is 366 g/mol. The van der Waals surface area contributed by atoms with Crippen LogP contribution in [0.2, 0.25) is 0 Å². The van der Waals surface area contributed by atoms with Crippen molar-refractivity contribution >= 4 is 29.5 Å². The minimum Gasteiger partial charge on any atom is -0.396 e. The van der Waals surface area contributed by atoms with Gasteiger partial charge in [0.05, 0.1) is 16.6 Å². The highest BCUT2D eigenvalue weighted by Gasteiger charge is 2.75. The summed E-state index contributed by atoms with van der Waals surface area (Å²) in [6.07, 6.45) is 1.25. The number of carbonyl (C=O) groups excluding carboxylic acids is 3. The highest BCUT2D eigenvalue weighted by Crippen LogP contribution is 2.68. The monoisotopic (exact) mass is 397 g/mol. The Kier molecular flexibility index (Phi) is 5.27. The summed E-state index contributed by atoms with van der Waals surface area (Å²) in [4.78, 5) is 40.9. The lowest BCUT2D eigenvalue weighted by Crippen LogP contribution is -2.59. The third-order valence-corrected chi connectivity index (χ3v) is 8.17. The zero-order valence-electron chi connectivity index (χ0n) is 16.7. The van der Waals surface area contributed by atoms with Gasteiger partial charge in [0.15, 0.2) is 0 Å². The molecule has 3 amide bonds. The van der Waals surface area contributed by atoms with Crippen LogP contribution in [0, 0.1) is 17.8 Å². The van der Waals surface area contributed by atoms with Crippen molar-refractivity contribution in [3.63, 3.8) is 0 Å². The molecule has 7 nitrogen and oxygen atoms in total. The van der Waals surface area contributed by atoms with Crippen LogP contribution in [0.4, 0.5) is 0 Å². The van der Waals surface area contributed by atoms with Crippen molar-refractivity contribution in [2.45, 2.75) is 62.1 Å². The Bertz CT molecular complexity index is 649. The first-order valence-electron chi connectivity index (χ1n) is 9.71. The van der Waals surface area contributed by atoms with E-state index in [0.717, 1.165) is 6.42 Å². The Morgan fingerprint density at radius 1 is 1.33 bits per heavy atom. The predicted octanol–water partition coefficient (Wildman–Crippen LogP) is 0.367. The summed E-state index contributed by atoms with van der Waals surface area (Å²) in [6, 6.07) is -0.611. The lowest BCUT2D eigenvalue weighted by Gasteiger charge is -2.39. The van der Waals surface area contributed by atoms with E-state index in [-0.39, 0.29) is 35.5 Å². The maximum atomic E-state index is 13.4. The lowest BCUT2D eigenvalue weighted by molar-refractivity contribution is -0.140. The number of rotatable bonds is 5. The summed E-state index contributed by atoms with van der Waals surface area (Å²) in [6.45, 7) is 8.15. The average Bonchev–Trinajstić information content (AvgIpc) is 3.14. The summed E-state index contributed by atoms with van der Waals surface area (Å²) in [7, 11) is 1.60. The molecule has 2 bridgehead atoms. The molecule has 27 heavy (non-hydrogen) atoms. The predicted molar refractivity (Wildman–Crippen MR) is 104 cm³/mol. The SMILES string of the molecule is CNC(=O)[C@@H]1[C@H]2C(=O)N(CCCO)C(C(=O)NC(C)(C)C)C23S[C@@H]1CC3C. The molecule has 0 aliphatic carbocycles. The first-order chi connectivity index (χ1) is 12.6. The highest BCUT2D eigenvalue weighted by atomic mass is 32.2. The van der Waals surface area contributed by atoms with Gasteiger partial charge < -0.3 is 20.6 Å². The summed E-state index contributed by atoms with van der Waals surface area (Å²) in [5.41, 5.74) is -0.414. The van der Waals surface area contributed by atoms with Crippen LogP contribution in [0.15, 0.2) is 0 Å². The molecule has 3 aliphatic rings. The molecular formula is C19H31N3O4S. The minimum atomic E-state index is -0.611. The van der Waals surface area contributed by atoms with E-state index >= 15 is 0 Å².